The third-order valence-electron chi connectivity index (χ3n) is 5.20. The summed E-state index contributed by atoms with van der Waals surface area (Å²) in [7, 11) is 0. The Labute approximate surface area is 185 Å². The molecule has 0 saturated heterocycles. The first-order valence-corrected chi connectivity index (χ1v) is 10.8. The van der Waals surface area contributed by atoms with E-state index in [1.165, 1.54) is 10.3 Å². The first-order valence-electron chi connectivity index (χ1n) is 9.62. The molecule has 0 unspecified atom stereocenters. The molecule has 5 rings (SSSR count). The molecule has 2 amide bonds. The van der Waals surface area contributed by atoms with Crippen LogP contribution in [0.3, 0.4) is 0 Å². The monoisotopic (exact) mass is 437 g/mol. The number of halogens is 1. The Kier molecular flexibility index (Phi) is 5.79. The maximum Gasteiger partial charge on any atom is 0.261 e. The van der Waals surface area contributed by atoms with Crippen LogP contribution in [-0.4, -0.2) is 40.6 Å². The molecule has 0 fully saturated rings. The highest BCUT2D eigenvalue weighted by molar-refractivity contribution is 7.99. The number of thioether (sulfide) groups is 1. The molecule has 0 atom stereocenters. The molecule has 0 saturated carbocycles. The van der Waals surface area contributed by atoms with Crippen molar-refractivity contribution in [2.45, 2.75) is 6.42 Å². The molecule has 0 bridgehead atoms. The third-order valence-corrected chi connectivity index (χ3v) is 6.26. The lowest BCUT2D eigenvalue weighted by molar-refractivity contribution is 0.0655. The third kappa shape index (κ3) is 3.57. The zero-order valence-electron chi connectivity index (χ0n) is 16.1. The minimum atomic E-state index is -0.182. The summed E-state index contributed by atoms with van der Waals surface area (Å²) in [5, 5.41) is 5.78. The van der Waals surface area contributed by atoms with Gasteiger partial charge in [-0.05, 0) is 41.8 Å². The van der Waals surface area contributed by atoms with Crippen molar-refractivity contribution in [2.24, 2.45) is 4.99 Å². The number of nitrogens with zero attached hydrogens (tertiary/aromatic N) is 2. The molecule has 0 spiro atoms. The average molecular weight is 438 g/mol. The largest absolute Gasteiger partial charge is 0.342 e. The molecule has 2 aliphatic heterocycles. The van der Waals surface area contributed by atoms with Crippen LogP contribution < -0.4 is 5.32 Å². The highest BCUT2D eigenvalue weighted by Crippen LogP contribution is 2.35. The van der Waals surface area contributed by atoms with Gasteiger partial charge in [0, 0.05) is 17.6 Å². The molecule has 3 aromatic rings. The van der Waals surface area contributed by atoms with Crippen LogP contribution in [0.1, 0.15) is 27.1 Å². The van der Waals surface area contributed by atoms with Crippen molar-refractivity contribution in [3.05, 3.63) is 71.8 Å². The van der Waals surface area contributed by atoms with Gasteiger partial charge in [-0.15, -0.1) is 12.4 Å². The van der Waals surface area contributed by atoms with Gasteiger partial charge >= 0.3 is 0 Å². The zero-order chi connectivity index (χ0) is 19.8. The number of aliphatic imine (C=N–C) groups is 1. The molecule has 7 heteroatoms. The molecule has 3 aromatic carbocycles. The lowest BCUT2D eigenvalue weighted by atomic mass is 10.1. The van der Waals surface area contributed by atoms with E-state index in [1.807, 2.05) is 18.2 Å². The van der Waals surface area contributed by atoms with E-state index in [4.69, 9.17) is 4.99 Å². The van der Waals surface area contributed by atoms with Crippen LogP contribution in [0.5, 0.6) is 0 Å². The van der Waals surface area contributed by atoms with E-state index >= 15 is 0 Å². The van der Waals surface area contributed by atoms with Crippen molar-refractivity contribution in [3.8, 4) is 0 Å². The Hall–Kier alpha value is -2.83. The van der Waals surface area contributed by atoms with E-state index in [0.29, 0.717) is 17.7 Å². The Bertz CT molecular complexity index is 1140. The number of imide groups is 1. The van der Waals surface area contributed by atoms with Gasteiger partial charge in [-0.1, -0.05) is 36.4 Å². The summed E-state index contributed by atoms with van der Waals surface area (Å²) in [4.78, 5) is 30.9. The fourth-order valence-electron chi connectivity index (χ4n) is 3.85. The number of carbonyl (C=O) groups is 2. The summed E-state index contributed by atoms with van der Waals surface area (Å²) in [6.07, 6.45) is 0.760. The van der Waals surface area contributed by atoms with E-state index < -0.39 is 0 Å². The maximum atomic E-state index is 12.4. The number of benzene rings is 3. The van der Waals surface area contributed by atoms with Crippen molar-refractivity contribution in [2.75, 3.05) is 23.4 Å². The summed E-state index contributed by atoms with van der Waals surface area (Å²) >= 11 is 1.75. The van der Waals surface area contributed by atoms with Crippen LogP contribution in [0.25, 0.3) is 10.8 Å². The number of hydrogen-bond acceptors (Lipinski definition) is 5. The number of amidine groups is 1. The highest BCUT2D eigenvalue weighted by atomic mass is 35.5. The van der Waals surface area contributed by atoms with Crippen molar-refractivity contribution in [3.63, 3.8) is 0 Å². The SMILES string of the molecule is Cl.O=C1c2ccccc2C(=O)N1CCCSCC1=Nc2cccc3cccc(c23)N1. The summed E-state index contributed by atoms with van der Waals surface area (Å²) in [6, 6.07) is 19.4. The molecular formula is C23H20ClN3O2S. The molecule has 0 radical (unpaired) electrons. The van der Waals surface area contributed by atoms with Crippen molar-refractivity contribution in [1.82, 2.24) is 4.90 Å². The van der Waals surface area contributed by atoms with E-state index in [0.717, 1.165) is 40.5 Å². The fraction of sp³-hybridized carbons (Fsp3) is 0.174. The van der Waals surface area contributed by atoms with Gasteiger partial charge in [-0.3, -0.25) is 14.5 Å². The summed E-state index contributed by atoms with van der Waals surface area (Å²) in [6.45, 7) is 0.446. The molecular weight excluding hydrogens is 418 g/mol. The average Bonchev–Trinajstić information content (AvgIpc) is 2.99. The van der Waals surface area contributed by atoms with Gasteiger partial charge in [0.05, 0.1) is 22.6 Å². The highest BCUT2D eigenvalue weighted by Gasteiger charge is 2.34. The summed E-state index contributed by atoms with van der Waals surface area (Å²) < 4.78 is 0. The zero-order valence-corrected chi connectivity index (χ0v) is 17.8. The minimum Gasteiger partial charge on any atom is -0.342 e. The Morgan fingerprint density at radius 3 is 2.33 bits per heavy atom. The van der Waals surface area contributed by atoms with Gasteiger partial charge < -0.3 is 5.32 Å². The first-order chi connectivity index (χ1) is 14.2. The Balaban J connectivity index is 0.00000218. The van der Waals surface area contributed by atoms with Crippen LogP contribution in [0.2, 0.25) is 0 Å². The number of amides is 2. The summed E-state index contributed by atoms with van der Waals surface area (Å²) in [5.41, 5.74) is 3.12. The molecule has 2 heterocycles. The topological polar surface area (TPSA) is 61.8 Å². The molecule has 30 heavy (non-hydrogen) atoms. The van der Waals surface area contributed by atoms with Crippen LogP contribution in [-0.2, 0) is 0 Å². The second-order valence-corrected chi connectivity index (χ2v) is 8.18. The lowest BCUT2D eigenvalue weighted by Crippen LogP contribution is -2.31. The van der Waals surface area contributed by atoms with Gasteiger partial charge in [0.25, 0.3) is 11.8 Å². The quantitative estimate of drug-likeness (QED) is 0.428. The minimum absolute atomic E-state index is 0. The van der Waals surface area contributed by atoms with Gasteiger partial charge in [-0.25, -0.2) is 4.99 Å². The van der Waals surface area contributed by atoms with E-state index in [9.17, 15) is 9.59 Å². The smallest absolute Gasteiger partial charge is 0.261 e. The maximum absolute atomic E-state index is 12.4. The first kappa shape index (κ1) is 20.4. The molecule has 5 nitrogen and oxygen atoms in total. The Morgan fingerprint density at radius 1 is 0.900 bits per heavy atom. The van der Waals surface area contributed by atoms with Crippen molar-refractivity contribution in [1.29, 1.82) is 0 Å². The molecule has 152 valence electrons. The van der Waals surface area contributed by atoms with Crippen LogP contribution in [0.4, 0.5) is 11.4 Å². The standard InChI is InChI=1S/C23H19N3O2S.ClH/c27-22-16-8-1-2-9-17(16)23(28)26(22)12-5-13-29-14-20-24-18-10-3-6-15-7-4-11-19(25-20)21(15)18;/h1-4,6-11H,5,12-14H2,(H,24,25);1H. The van der Waals surface area contributed by atoms with Gasteiger partial charge in [0.15, 0.2) is 0 Å². The number of nitrogens with one attached hydrogen (secondary N) is 1. The molecule has 1 N–H and O–H groups in total. The van der Waals surface area contributed by atoms with Gasteiger partial charge in [0.2, 0.25) is 0 Å². The number of fused-ring (bicyclic) bond motifs is 1. The van der Waals surface area contributed by atoms with E-state index in [1.54, 1.807) is 36.0 Å². The van der Waals surface area contributed by atoms with Crippen LogP contribution >= 0.6 is 24.2 Å². The second kappa shape index (κ2) is 8.50. The van der Waals surface area contributed by atoms with Crippen LogP contribution in [0.15, 0.2) is 65.7 Å². The second-order valence-electron chi connectivity index (χ2n) is 7.08. The van der Waals surface area contributed by atoms with E-state index in [-0.39, 0.29) is 24.2 Å². The van der Waals surface area contributed by atoms with E-state index in [2.05, 4.69) is 23.5 Å². The molecule has 0 aromatic heterocycles. The summed E-state index contributed by atoms with van der Waals surface area (Å²) in [5.74, 6) is 2.17. The lowest BCUT2D eigenvalue weighted by Gasteiger charge is -2.19. The van der Waals surface area contributed by atoms with Gasteiger partial charge in [-0.2, -0.15) is 11.8 Å². The van der Waals surface area contributed by atoms with Crippen molar-refractivity contribution < 1.29 is 9.59 Å². The number of anilines is 1. The molecule has 0 aliphatic carbocycles. The fourth-order valence-corrected chi connectivity index (χ4v) is 4.66. The Morgan fingerprint density at radius 2 is 1.60 bits per heavy atom. The normalized spacial score (nSPS) is 14.3. The van der Waals surface area contributed by atoms with Gasteiger partial charge in [0.1, 0.15) is 5.84 Å². The number of rotatable bonds is 6. The molecule has 2 aliphatic rings. The number of carbonyl (C=O) groups excluding carboxylic acids is 2. The predicted molar refractivity (Wildman–Crippen MR) is 126 cm³/mol. The predicted octanol–water partition coefficient (Wildman–Crippen LogP) is 5.14. The van der Waals surface area contributed by atoms with Crippen LogP contribution in [0, 0.1) is 0 Å². The van der Waals surface area contributed by atoms with Crippen molar-refractivity contribution >= 4 is 64.0 Å². The number of hydrogen-bond donors (Lipinski definition) is 1.